The van der Waals surface area contributed by atoms with E-state index in [1.807, 2.05) is 52.0 Å². The topological polar surface area (TPSA) is 858 Å². The largest absolute Gasteiger partial charge is 0.508 e. The van der Waals surface area contributed by atoms with Gasteiger partial charge in [0.2, 0.25) is 0 Å². The molecule has 0 aliphatic carbocycles. The van der Waals surface area contributed by atoms with Gasteiger partial charge in [0.1, 0.15) is 85.2 Å². The zero-order valence-corrected chi connectivity index (χ0v) is 73.6. The SMILES string of the molecule is COc1cc(N)cc(N)c1.COc1cccc(O)c1.Cc1c(N)cc(N)cc1N.Cc1c(O)cc(O)cc1O.Cc1cc(N)cc(N)c1C.Cc1cc(O)c(C(=O)O)c(O)c1.Cc1ccc(N)cc1N.Nc1cc(S(=O)(=O)O)cc(N)c1SO.Nc1ccc(S(=O)(=O)O)c(N)c1.Nc1cccc(N)c1.Oc1cc(O)cc(O)c1.Oc1cccc(O)c1.Oc1cccc(O)c1O. The molecule has 13 aromatic carbocycles. The Labute approximate surface area is 752 Å². The molecule has 700 valence electrons. The molecular formula is C87H109N15O25S3. The number of methoxy groups -OCH3 is 2. The number of aromatic hydroxyl groups is 14. The Bertz CT molecular complexity index is 5710. The Hall–Kier alpha value is -16.7. The number of nitrogens with two attached hydrogens (primary N) is 15. The predicted octanol–water partition coefficient (Wildman–Crippen LogP) is 12.2. The summed E-state index contributed by atoms with van der Waals surface area (Å²) in [5, 5.41) is 132. The monoisotopic (exact) mass is 1860 g/mol. The van der Waals surface area contributed by atoms with E-state index in [0.29, 0.717) is 80.2 Å². The van der Waals surface area contributed by atoms with Crippen molar-refractivity contribution in [2.45, 2.75) is 56.2 Å². The number of hydrogen-bond acceptors (Lipinski definition) is 38. The number of rotatable bonds is 6. The van der Waals surface area contributed by atoms with Crippen molar-refractivity contribution in [1.29, 1.82) is 0 Å². The molecule has 0 heterocycles. The van der Waals surface area contributed by atoms with Crippen LogP contribution >= 0.6 is 12.0 Å². The van der Waals surface area contributed by atoms with Gasteiger partial charge in [0.15, 0.2) is 17.2 Å². The maximum Gasteiger partial charge on any atom is 0.343 e. The van der Waals surface area contributed by atoms with Gasteiger partial charge in [0, 0.05) is 140 Å². The van der Waals surface area contributed by atoms with Crippen LogP contribution in [0, 0.1) is 41.5 Å². The van der Waals surface area contributed by atoms with Gasteiger partial charge in [-0.1, -0.05) is 30.3 Å². The smallest absolute Gasteiger partial charge is 0.343 e. The van der Waals surface area contributed by atoms with Crippen LogP contribution in [0.3, 0.4) is 0 Å². The van der Waals surface area contributed by atoms with Crippen molar-refractivity contribution in [3.05, 3.63) is 263 Å². The van der Waals surface area contributed by atoms with Gasteiger partial charge in [-0.15, -0.1) is 0 Å². The molecule has 0 unspecified atom stereocenters. The average molecular weight is 1860 g/mol. The molecule has 0 bridgehead atoms. The van der Waals surface area contributed by atoms with Crippen LogP contribution in [-0.4, -0.2) is 127 Å². The van der Waals surface area contributed by atoms with E-state index in [-0.39, 0.29) is 90.1 Å². The molecule has 13 aromatic rings. The Morgan fingerprint density at radius 3 is 0.992 bits per heavy atom. The van der Waals surface area contributed by atoms with E-state index < -0.39 is 53.9 Å². The Morgan fingerprint density at radius 1 is 0.300 bits per heavy atom. The summed E-state index contributed by atoms with van der Waals surface area (Å²) in [6.45, 7) is 11.0. The van der Waals surface area contributed by atoms with Crippen LogP contribution in [0.1, 0.15) is 43.7 Å². The summed E-state index contributed by atoms with van der Waals surface area (Å²) in [6.07, 6.45) is 0. The number of phenolic OH excluding ortho intramolecular Hbond substituents is 12. The van der Waals surface area contributed by atoms with E-state index >= 15 is 0 Å². The Kier molecular flexibility index (Phi) is 45.7. The van der Waals surface area contributed by atoms with Crippen LogP contribution in [0.25, 0.3) is 0 Å². The number of hydrogen-bond donors (Lipinski definition) is 33. The van der Waals surface area contributed by atoms with Gasteiger partial charge in [-0.25, -0.2) is 4.79 Å². The third-order valence-electron chi connectivity index (χ3n) is 16.0. The number of benzene rings is 13. The number of anilines is 15. The average Bonchev–Trinajstić information content (AvgIpc) is 0.810. The summed E-state index contributed by atoms with van der Waals surface area (Å²) in [7, 11) is -5.41. The van der Waals surface area contributed by atoms with Gasteiger partial charge >= 0.3 is 5.97 Å². The number of carbonyl (C=O) groups is 1. The van der Waals surface area contributed by atoms with E-state index in [0.717, 1.165) is 81.4 Å². The van der Waals surface area contributed by atoms with Crippen molar-refractivity contribution < 1.29 is 121 Å². The molecule has 0 aromatic heterocycles. The summed E-state index contributed by atoms with van der Waals surface area (Å²) < 4.78 is 78.4. The van der Waals surface area contributed by atoms with Crippen molar-refractivity contribution in [2.24, 2.45) is 0 Å². The number of nitrogen functional groups attached to an aromatic ring is 15. The molecule has 40 nitrogen and oxygen atoms in total. The Balaban J connectivity index is 0.000000706. The number of aromatic carboxylic acids is 1. The first kappa shape index (κ1) is 111. The lowest BCUT2D eigenvalue weighted by molar-refractivity contribution is 0.0690. The highest BCUT2D eigenvalue weighted by Gasteiger charge is 2.17. The number of ether oxygens (including phenoxy) is 2. The molecule has 13 rings (SSSR count). The minimum absolute atomic E-state index is 0.00914. The highest BCUT2D eigenvalue weighted by atomic mass is 32.2. The maximum atomic E-state index is 10.7. The second kappa shape index (κ2) is 53.4. The van der Waals surface area contributed by atoms with Crippen molar-refractivity contribution in [1.82, 2.24) is 0 Å². The normalized spacial score (nSPS) is 9.84. The van der Waals surface area contributed by atoms with Crippen LogP contribution in [0.4, 0.5) is 85.3 Å². The summed E-state index contributed by atoms with van der Waals surface area (Å²) in [5.74, 6) is -2.27. The fraction of sp³-hybridized carbons (Fsp3) is 0.0920. The molecule has 0 fully saturated rings. The maximum absolute atomic E-state index is 10.7. The third-order valence-corrected chi connectivity index (χ3v) is 18.4. The van der Waals surface area contributed by atoms with Crippen LogP contribution < -0.4 is 95.5 Å². The van der Waals surface area contributed by atoms with Crippen molar-refractivity contribution in [3.63, 3.8) is 0 Å². The summed E-state index contributed by atoms with van der Waals surface area (Å²) in [4.78, 5) is 9.88. The molecule has 0 amide bonds. The van der Waals surface area contributed by atoms with Crippen LogP contribution in [0.15, 0.2) is 239 Å². The highest BCUT2D eigenvalue weighted by molar-refractivity contribution is 7.94. The first-order valence-electron chi connectivity index (χ1n) is 36.6. The fourth-order valence-electron chi connectivity index (χ4n) is 9.22. The second-order valence-electron chi connectivity index (χ2n) is 26.6. The van der Waals surface area contributed by atoms with Gasteiger partial charge in [-0.3, -0.25) is 9.11 Å². The lowest BCUT2D eigenvalue weighted by atomic mass is 10.1. The summed E-state index contributed by atoms with van der Waals surface area (Å²) in [6, 6.07) is 55.5. The molecular weight excluding hydrogens is 1750 g/mol. The molecule has 0 saturated heterocycles. The lowest BCUT2D eigenvalue weighted by Gasteiger charge is -2.06. The minimum Gasteiger partial charge on any atom is -0.508 e. The number of para-hydroxylation sites is 1. The quantitative estimate of drug-likeness (QED) is 0.0318. The van der Waals surface area contributed by atoms with E-state index in [1.165, 1.54) is 72.8 Å². The first-order valence-corrected chi connectivity index (χ1v) is 40.3. The molecule has 0 spiro atoms. The van der Waals surface area contributed by atoms with Gasteiger partial charge in [-0.05, 0) is 209 Å². The van der Waals surface area contributed by atoms with Crippen LogP contribution in [-0.2, 0) is 20.2 Å². The predicted molar refractivity (Wildman–Crippen MR) is 510 cm³/mol. The zero-order valence-electron chi connectivity index (χ0n) is 71.2. The highest BCUT2D eigenvalue weighted by Crippen LogP contribution is 2.36. The number of carboxylic acid groups (broad SMARTS) is 1. The van der Waals surface area contributed by atoms with E-state index in [1.54, 1.807) is 119 Å². The van der Waals surface area contributed by atoms with Gasteiger partial charge in [0.25, 0.3) is 20.2 Å². The first-order chi connectivity index (χ1) is 60.3. The van der Waals surface area contributed by atoms with E-state index in [9.17, 15) is 21.6 Å². The number of aryl methyl sites for hydroxylation is 3. The van der Waals surface area contributed by atoms with Crippen LogP contribution in [0.5, 0.6) is 92.0 Å². The van der Waals surface area contributed by atoms with Gasteiger partial charge in [-0.2, -0.15) is 16.8 Å². The van der Waals surface area contributed by atoms with Crippen molar-refractivity contribution in [3.8, 4) is 92.0 Å². The van der Waals surface area contributed by atoms with Crippen molar-refractivity contribution >= 4 is 124 Å². The zero-order chi connectivity index (χ0) is 99.5. The summed E-state index contributed by atoms with van der Waals surface area (Å²) in [5.41, 5.74) is 94.5. The molecule has 0 aliphatic rings. The summed E-state index contributed by atoms with van der Waals surface area (Å²) >= 11 is 0.315. The molecule has 0 saturated carbocycles. The molecule has 0 atom stereocenters. The fourth-order valence-corrected chi connectivity index (χ4v) is 10.7. The Morgan fingerprint density at radius 2 is 0.654 bits per heavy atom. The van der Waals surface area contributed by atoms with Crippen LogP contribution in [0.2, 0.25) is 0 Å². The number of phenols is 14. The molecule has 0 aliphatic heterocycles. The van der Waals surface area contributed by atoms with Gasteiger partial charge < -0.3 is 177 Å². The molecule has 130 heavy (non-hydrogen) atoms. The third kappa shape index (κ3) is 42.1. The van der Waals surface area contributed by atoms with E-state index in [2.05, 4.69) is 0 Å². The number of carboxylic acids is 1. The van der Waals surface area contributed by atoms with Gasteiger partial charge in [0.05, 0.1) is 41.1 Å². The molecule has 43 heteroatoms. The lowest BCUT2D eigenvalue weighted by Crippen LogP contribution is -2.03. The second-order valence-corrected chi connectivity index (χ2v) is 30.0. The molecule has 0 radical (unpaired) electrons. The molecule has 48 N–H and O–H groups in total. The standard InChI is InChI=1S/C8H12N2.C8H8O4.C7H11N3.C7H10N2O.C7H10N2.C7H8O3.C7H8O2.C6H8N2O4S2.C6H8N2O3S.C6H8N2.2C6H6O3.C6H6O2/c1-5-3-7(9)4-8(10)6(5)2;1-4-2-5(9)7(8(11)12)6(10)3-4;1-4-6(9)2-5(8)3-7(4)10;1-10-7-3-5(8)2-6(9)4-7;1-5-2-3-6(8)4-7(5)9;1-4-6(9)2-5(8)3-7(4)10;1-9-7-4-2-3-6(8)5-7;7-4-1-3(14(10,11)12)2-5(8)6(4)13-9;7-4-1-2-6(5(8)3-4)12(9,10)11;7-5-2-1-3-6(8)4-5;7-4-1-5(8)3-6(9)2-4;7-4-2-1-3-5(8)6(4)9;7-5-2-1-3-6(8)4-5/h3-4H,9-10H2,1-2H3;2-3,9-10H,1H3,(H,11,12);2-3H,8-10H2,1H3;2-4H,8-9H2,1H3;2-4H,8-9H2,1H3;2-3,8-10H,1H3;2-5,8H,1H3;1-2,9H,7-8H2,(H,10,11,12);1-3H,7-8H2,(H,9,10,11);1-4H,7-8H2;2*1-3,7-9H;1-4,7-8H. The minimum atomic E-state index is -4.32. The van der Waals surface area contributed by atoms with E-state index in [4.69, 9.17) is 186 Å². The van der Waals surface area contributed by atoms with Crippen molar-refractivity contribution in [2.75, 3.05) is 100 Å².